The maximum Gasteiger partial charge on any atom is 0.404 e. The maximum atomic E-state index is 12.0. The van der Waals surface area contributed by atoms with Crippen LogP contribution in [-0.4, -0.2) is 55.9 Å². The highest BCUT2D eigenvalue weighted by Gasteiger charge is 2.69. The van der Waals surface area contributed by atoms with E-state index in [9.17, 15) is 29.4 Å². The number of primary amides is 1. The molecule has 0 radical (unpaired) electrons. The molecule has 4 atom stereocenters. The molecule has 1 unspecified atom stereocenters. The third kappa shape index (κ3) is 2.62. The molecule has 11 nitrogen and oxygen atoms in total. The number of aliphatic hydroxyl groups excluding tert-OH is 3. The number of pyridine rings is 1. The number of nitrogens with two attached hydrogens (primary N) is 2. The van der Waals surface area contributed by atoms with E-state index in [-0.39, 0.29) is 11.4 Å². The van der Waals surface area contributed by atoms with E-state index in [1.807, 2.05) is 0 Å². The van der Waals surface area contributed by atoms with Gasteiger partial charge in [0.1, 0.15) is 18.4 Å². The Labute approximate surface area is 129 Å². The van der Waals surface area contributed by atoms with Crippen LogP contribution in [0.2, 0.25) is 0 Å². The quantitative estimate of drug-likeness (QED) is 0.213. The molecule has 1 saturated heterocycles. The van der Waals surface area contributed by atoms with Crippen molar-refractivity contribution in [3.8, 4) is 0 Å². The zero-order valence-corrected chi connectivity index (χ0v) is 12.6. The van der Waals surface area contributed by atoms with Gasteiger partial charge in [-0.15, -0.1) is 0 Å². The zero-order chi connectivity index (χ0) is 17.6. The lowest BCUT2D eigenvalue weighted by molar-refractivity contribution is -0.777. The molecule has 1 aromatic heterocycles. The molecule has 9 N–H and O–H groups in total. The molecule has 2 rings (SSSR count). The van der Waals surface area contributed by atoms with Crippen molar-refractivity contribution < 1.29 is 43.8 Å². The number of hydrogen-bond acceptors (Lipinski definition) is 7. The van der Waals surface area contributed by atoms with E-state index in [2.05, 4.69) is 0 Å². The monoisotopic (exact) mass is 350 g/mol. The number of rotatable bonds is 4. The molecule has 0 bridgehead atoms. The van der Waals surface area contributed by atoms with Crippen molar-refractivity contribution in [2.75, 3.05) is 12.3 Å². The van der Waals surface area contributed by atoms with Crippen LogP contribution in [0.1, 0.15) is 10.4 Å². The van der Waals surface area contributed by atoms with Gasteiger partial charge in [-0.25, -0.2) is 0 Å². The Kier molecular flexibility index (Phi) is 4.48. The van der Waals surface area contributed by atoms with Crippen molar-refractivity contribution in [3.63, 3.8) is 0 Å². The molecule has 23 heavy (non-hydrogen) atoms. The highest BCUT2D eigenvalue weighted by Crippen LogP contribution is 2.58. The van der Waals surface area contributed by atoms with Crippen LogP contribution in [0.5, 0.6) is 0 Å². The van der Waals surface area contributed by atoms with Gasteiger partial charge in [0.25, 0.3) is 11.7 Å². The zero-order valence-electron chi connectivity index (χ0n) is 11.7. The summed E-state index contributed by atoms with van der Waals surface area (Å²) in [7, 11) is -5.30. The Bertz CT molecular complexity index is 679. The summed E-state index contributed by atoms with van der Waals surface area (Å²) in [5.74, 6) is -1.19. The summed E-state index contributed by atoms with van der Waals surface area (Å²) in [6, 6.07) is 2.34. The van der Waals surface area contributed by atoms with Crippen LogP contribution in [-0.2, 0) is 14.8 Å². The lowest BCUT2D eigenvalue weighted by Crippen LogP contribution is -2.63. The number of carbonyl (C=O) groups excluding carboxylic acids is 1. The summed E-state index contributed by atoms with van der Waals surface area (Å²) in [6.07, 6.45) is -4.50. The van der Waals surface area contributed by atoms with Crippen LogP contribution in [0.4, 0.5) is 5.82 Å². The lowest BCUT2D eigenvalue weighted by Gasteiger charge is -2.30. The van der Waals surface area contributed by atoms with Gasteiger partial charge in [0.15, 0.2) is 6.10 Å². The van der Waals surface area contributed by atoms with E-state index in [0.717, 1.165) is 12.3 Å². The first-order valence-electron chi connectivity index (χ1n) is 6.38. The molecule has 1 amide bonds. The largest absolute Gasteiger partial charge is 0.404 e. The van der Waals surface area contributed by atoms with Crippen molar-refractivity contribution >= 4 is 19.3 Å². The molecule has 12 heteroatoms. The van der Waals surface area contributed by atoms with E-state index < -0.39 is 43.9 Å². The standard InChI is InChI=1S/C11H16N3O8P/c12-7-2-1-5(10(13)18)3-14(7)11(23(19,20)21)9(17)8(16)6(4-15)22-11/h1-3,6,8-9,12,15-17H,4H2,(H4,13,18,19,20,21)/p+1/t6-,8-,9-,11?/m1/s1. The molecule has 0 saturated carbocycles. The average molecular weight is 350 g/mol. The molecule has 0 spiro atoms. The highest BCUT2D eigenvalue weighted by atomic mass is 31.2. The van der Waals surface area contributed by atoms with Gasteiger partial charge >= 0.3 is 13.1 Å². The predicted molar refractivity (Wildman–Crippen MR) is 73.6 cm³/mol. The average Bonchev–Trinajstić information content (AvgIpc) is 2.72. The number of ether oxygens (including phenoxy) is 1. The van der Waals surface area contributed by atoms with E-state index in [0.29, 0.717) is 4.57 Å². The Balaban J connectivity index is 2.74. The van der Waals surface area contributed by atoms with Crippen molar-refractivity contribution in [1.82, 2.24) is 0 Å². The van der Waals surface area contributed by atoms with Gasteiger partial charge in [-0.2, -0.15) is 4.57 Å². The second-order valence-corrected chi connectivity index (χ2v) is 6.78. The summed E-state index contributed by atoms with van der Waals surface area (Å²) in [6.45, 7) is -0.810. The topological polar surface area (TPSA) is 200 Å². The Hall–Kier alpha value is -1.59. The minimum atomic E-state index is -5.30. The second-order valence-electron chi connectivity index (χ2n) is 5.05. The molecule has 2 heterocycles. The summed E-state index contributed by atoms with van der Waals surface area (Å²) in [4.78, 5) is 30.7. The van der Waals surface area contributed by atoms with E-state index >= 15 is 0 Å². The van der Waals surface area contributed by atoms with E-state index in [4.69, 9.17) is 21.3 Å². The number of nitrogen functional groups attached to an aromatic ring is 1. The molecule has 0 aromatic carbocycles. The van der Waals surface area contributed by atoms with Crippen molar-refractivity contribution in [2.24, 2.45) is 5.73 Å². The SMILES string of the molecule is NC(=O)c1ccc(N)[n+](C2(P(=O)(O)O)O[C@H](CO)[C@@H](O)[C@H]2O)c1. The highest BCUT2D eigenvalue weighted by molar-refractivity contribution is 7.52. The van der Waals surface area contributed by atoms with Crippen LogP contribution in [0.15, 0.2) is 18.3 Å². The molecule has 1 aromatic rings. The Morgan fingerprint density at radius 2 is 2.00 bits per heavy atom. The number of aromatic nitrogens is 1. The molecular weight excluding hydrogens is 333 g/mol. The van der Waals surface area contributed by atoms with Crippen molar-refractivity contribution in [2.45, 2.75) is 23.8 Å². The number of hydrogen-bond donors (Lipinski definition) is 7. The van der Waals surface area contributed by atoms with E-state index in [1.165, 1.54) is 6.07 Å². The molecule has 1 aliphatic rings. The molecular formula is C11H17N3O8P+. The summed E-state index contributed by atoms with van der Waals surface area (Å²) in [5.41, 5.74) is 7.82. The van der Waals surface area contributed by atoms with Gasteiger partial charge in [-0.3, -0.25) is 15.1 Å². The van der Waals surface area contributed by atoms with Crippen LogP contribution in [0.3, 0.4) is 0 Å². The number of anilines is 1. The van der Waals surface area contributed by atoms with Crippen LogP contribution >= 0.6 is 7.60 Å². The molecule has 1 aliphatic heterocycles. The smallest absolute Gasteiger partial charge is 0.394 e. The minimum absolute atomic E-state index is 0.162. The fraction of sp³-hybridized carbons (Fsp3) is 0.455. The van der Waals surface area contributed by atoms with Crippen LogP contribution in [0.25, 0.3) is 0 Å². The number of aliphatic hydroxyl groups is 3. The van der Waals surface area contributed by atoms with Gasteiger partial charge in [0.05, 0.1) is 12.2 Å². The molecule has 128 valence electrons. The Morgan fingerprint density at radius 3 is 2.43 bits per heavy atom. The lowest BCUT2D eigenvalue weighted by atomic mass is 10.1. The van der Waals surface area contributed by atoms with Crippen molar-refractivity contribution in [3.05, 3.63) is 23.9 Å². The Morgan fingerprint density at radius 1 is 1.39 bits per heavy atom. The van der Waals surface area contributed by atoms with Gasteiger partial charge < -0.3 is 35.6 Å². The van der Waals surface area contributed by atoms with Gasteiger partial charge in [0.2, 0.25) is 0 Å². The summed E-state index contributed by atoms with van der Waals surface area (Å²) in [5, 5.41) is 29.2. The fourth-order valence-corrected chi connectivity index (χ4v) is 3.67. The number of amides is 1. The fourth-order valence-electron chi connectivity index (χ4n) is 2.45. The first-order valence-corrected chi connectivity index (χ1v) is 7.99. The first-order chi connectivity index (χ1) is 10.6. The summed E-state index contributed by atoms with van der Waals surface area (Å²) >= 11 is 0. The molecule has 1 fully saturated rings. The van der Waals surface area contributed by atoms with Gasteiger partial charge in [-0.1, -0.05) is 0 Å². The maximum absolute atomic E-state index is 12.0. The first kappa shape index (κ1) is 17.8. The predicted octanol–water partition coefficient (Wildman–Crippen LogP) is -3.44. The van der Waals surface area contributed by atoms with Crippen LogP contribution < -0.4 is 16.0 Å². The third-order valence-corrected chi connectivity index (χ3v) is 5.04. The van der Waals surface area contributed by atoms with Crippen LogP contribution in [0, 0.1) is 0 Å². The second kappa shape index (κ2) is 5.80. The van der Waals surface area contributed by atoms with E-state index in [1.54, 1.807) is 0 Å². The third-order valence-electron chi connectivity index (χ3n) is 3.62. The van der Waals surface area contributed by atoms with Crippen molar-refractivity contribution in [1.29, 1.82) is 0 Å². The normalized spacial score (nSPS) is 31.3. The minimum Gasteiger partial charge on any atom is -0.394 e. The molecule has 0 aliphatic carbocycles. The summed E-state index contributed by atoms with van der Waals surface area (Å²) < 4.78 is 17.8. The number of carbonyl (C=O) groups is 1. The van der Waals surface area contributed by atoms with Gasteiger partial charge in [-0.05, 0) is 6.07 Å². The van der Waals surface area contributed by atoms with Gasteiger partial charge in [0, 0.05) is 6.07 Å². The number of nitrogens with zero attached hydrogens (tertiary/aromatic N) is 1.